The van der Waals surface area contributed by atoms with Crippen molar-refractivity contribution in [1.82, 2.24) is 15.2 Å². The van der Waals surface area contributed by atoms with Crippen molar-refractivity contribution >= 4 is 27.2 Å². The summed E-state index contributed by atoms with van der Waals surface area (Å²) in [5.41, 5.74) is 7.90. The number of anilines is 1. The Bertz CT molecular complexity index is 597. The Morgan fingerprint density at radius 1 is 1.33 bits per heavy atom. The Morgan fingerprint density at radius 2 is 2.27 bits per heavy atom. The number of nitrogens with two attached hydrogens (primary N) is 1. The van der Waals surface area contributed by atoms with Crippen LogP contribution >= 0.6 is 11.3 Å². The minimum atomic E-state index is 0.582. The van der Waals surface area contributed by atoms with E-state index in [1.54, 1.807) is 23.7 Å². The molecule has 74 valence electrons. The molecule has 3 heterocycles. The molecule has 0 aliphatic rings. The predicted molar refractivity (Wildman–Crippen MR) is 61.6 cm³/mol. The molecule has 3 N–H and O–H groups in total. The normalized spacial score (nSPS) is 10.9. The fourth-order valence-corrected chi connectivity index (χ4v) is 2.52. The lowest BCUT2D eigenvalue weighted by atomic mass is 10.1. The Labute approximate surface area is 89.8 Å². The van der Waals surface area contributed by atoms with E-state index in [0.29, 0.717) is 5.82 Å². The Morgan fingerprint density at radius 3 is 3.07 bits per heavy atom. The zero-order valence-corrected chi connectivity index (χ0v) is 8.58. The number of thiophene rings is 1. The number of rotatable bonds is 1. The molecule has 0 unspecified atom stereocenters. The molecule has 0 saturated carbocycles. The lowest BCUT2D eigenvalue weighted by Crippen LogP contribution is -1.90. The monoisotopic (exact) mass is 216 g/mol. The molecule has 3 rings (SSSR count). The molecule has 0 amide bonds. The van der Waals surface area contributed by atoms with Crippen molar-refractivity contribution in [3.8, 4) is 11.1 Å². The first-order valence-corrected chi connectivity index (χ1v) is 5.35. The third-order valence-electron chi connectivity index (χ3n) is 2.33. The van der Waals surface area contributed by atoms with Crippen LogP contribution in [0.25, 0.3) is 21.2 Å². The smallest absolute Gasteiger partial charge is 0.132 e. The van der Waals surface area contributed by atoms with E-state index in [4.69, 9.17) is 5.73 Å². The standard InChI is InChI=1S/C10H8N4S/c11-10-7-1-2-15-9(7)8(5-12-10)6-3-13-14-4-6/h1-5H,(H2,11,12)(H,13,14). The van der Waals surface area contributed by atoms with Crippen molar-refractivity contribution in [2.45, 2.75) is 0 Å². The average Bonchev–Trinajstić information content (AvgIpc) is 2.88. The topological polar surface area (TPSA) is 67.6 Å². The largest absolute Gasteiger partial charge is 0.383 e. The molecule has 0 aliphatic carbocycles. The van der Waals surface area contributed by atoms with Gasteiger partial charge in [-0.3, -0.25) is 5.10 Å². The number of aromatic nitrogens is 3. The number of H-pyrrole nitrogens is 1. The van der Waals surface area contributed by atoms with Gasteiger partial charge in [0.2, 0.25) is 0 Å². The maximum atomic E-state index is 5.80. The number of hydrogen-bond donors (Lipinski definition) is 2. The average molecular weight is 216 g/mol. The quantitative estimate of drug-likeness (QED) is 0.655. The van der Waals surface area contributed by atoms with Gasteiger partial charge in [0.15, 0.2) is 0 Å². The second kappa shape index (κ2) is 3.06. The highest BCUT2D eigenvalue weighted by atomic mass is 32.1. The van der Waals surface area contributed by atoms with Crippen LogP contribution in [-0.2, 0) is 0 Å². The first kappa shape index (κ1) is 8.43. The van der Waals surface area contributed by atoms with Gasteiger partial charge in [-0.25, -0.2) is 4.98 Å². The first-order chi connectivity index (χ1) is 7.36. The molecule has 5 heteroatoms. The fourth-order valence-electron chi connectivity index (χ4n) is 1.59. The summed E-state index contributed by atoms with van der Waals surface area (Å²) < 4.78 is 1.16. The molecule has 0 saturated heterocycles. The molecular weight excluding hydrogens is 208 g/mol. The second-order valence-electron chi connectivity index (χ2n) is 3.21. The van der Waals surface area contributed by atoms with Gasteiger partial charge in [0, 0.05) is 33.6 Å². The minimum Gasteiger partial charge on any atom is -0.383 e. The molecule has 3 aromatic heterocycles. The second-order valence-corrected chi connectivity index (χ2v) is 4.12. The molecule has 0 aromatic carbocycles. The van der Waals surface area contributed by atoms with Crippen molar-refractivity contribution < 1.29 is 0 Å². The van der Waals surface area contributed by atoms with E-state index >= 15 is 0 Å². The molecule has 3 aromatic rings. The van der Waals surface area contributed by atoms with E-state index in [1.165, 1.54) is 0 Å². The Balaban J connectivity index is 2.37. The maximum Gasteiger partial charge on any atom is 0.132 e. The van der Waals surface area contributed by atoms with Crippen LogP contribution < -0.4 is 5.73 Å². The summed E-state index contributed by atoms with van der Waals surface area (Å²) in [5.74, 6) is 0.582. The van der Waals surface area contributed by atoms with E-state index in [2.05, 4.69) is 15.2 Å². The molecule has 0 aliphatic heterocycles. The van der Waals surface area contributed by atoms with E-state index in [9.17, 15) is 0 Å². The SMILES string of the molecule is Nc1ncc(-c2cn[nH]c2)c2sccc12. The van der Waals surface area contributed by atoms with Crippen LogP contribution in [0, 0.1) is 0 Å². The van der Waals surface area contributed by atoms with Gasteiger partial charge in [-0.15, -0.1) is 11.3 Å². The Hall–Kier alpha value is -1.88. The summed E-state index contributed by atoms with van der Waals surface area (Å²) >= 11 is 1.66. The number of hydrogen-bond acceptors (Lipinski definition) is 4. The predicted octanol–water partition coefficient (Wildman–Crippen LogP) is 2.27. The fraction of sp³-hybridized carbons (Fsp3) is 0. The van der Waals surface area contributed by atoms with Gasteiger partial charge in [-0.2, -0.15) is 5.10 Å². The molecule has 4 nitrogen and oxygen atoms in total. The van der Waals surface area contributed by atoms with Crippen LogP contribution in [0.4, 0.5) is 5.82 Å². The van der Waals surface area contributed by atoms with Crippen LogP contribution in [-0.4, -0.2) is 15.2 Å². The lowest BCUT2D eigenvalue weighted by Gasteiger charge is -2.00. The summed E-state index contributed by atoms with van der Waals surface area (Å²) in [6, 6.07) is 1.99. The van der Waals surface area contributed by atoms with Crippen LogP contribution in [0.5, 0.6) is 0 Å². The molecule has 0 spiro atoms. The third-order valence-corrected chi connectivity index (χ3v) is 3.28. The number of aromatic amines is 1. The summed E-state index contributed by atoms with van der Waals surface area (Å²) in [7, 11) is 0. The van der Waals surface area contributed by atoms with Gasteiger partial charge in [0.05, 0.1) is 6.20 Å². The van der Waals surface area contributed by atoms with E-state index < -0.39 is 0 Å². The highest BCUT2D eigenvalue weighted by Crippen LogP contribution is 2.33. The lowest BCUT2D eigenvalue weighted by molar-refractivity contribution is 1.09. The highest BCUT2D eigenvalue weighted by molar-refractivity contribution is 7.17. The van der Waals surface area contributed by atoms with Gasteiger partial charge in [-0.1, -0.05) is 0 Å². The van der Waals surface area contributed by atoms with E-state index in [1.807, 2.05) is 17.6 Å². The van der Waals surface area contributed by atoms with Crippen molar-refractivity contribution in [2.24, 2.45) is 0 Å². The van der Waals surface area contributed by atoms with Crippen LogP contribution in [0.3, 0.4) is 0 Å². The van der Waals surface area contributed by atoms with Gasteiger partial charge in [0.25, 0.3) is 0 Å². The molecule has 0 bridgehead atoms. The summed E-state index contributed by atoms with van der Waals surface area (Å²) in [4.78, 5) is 4.18. The van der Waals surface area contributed by atoms with Crippen molar-refractivity contribution in [3.63, 3.8) is 0 Å². The highest BCUT2D eigenvalue weighted by Gasteiger charge is 2.08. The Kier molecular flexibility index (Phi) is 1.72. The van der Waals surface area contributed by atoms with E-state index in [-0.39, 0.29) is 0 Å². The van der Waals surface area contributed by atoms with Crippen molar-refractivity contribution in [3.05, 3.63) is 30.0 Å². The zero-order chi connectivity index (χ0) is 10.3. The van der Waals surface area contributed by atoms with Crippen LogP contribution in [0.1, 0.15) is 0 Å². The minimum absolute atomic E-state index is 0.582. The van der Waals surface area contributed by atoms with Crippen molar-refractivity contribution in [2.75, 3.05) is 5.73 Å². The number of nitrogen functional groups attached to an aromatic ring is 1. The summed E-state index contributed by atoms with van der Waals surface area (Å²) in [6.45, 7) is 0. The van der Waals surface area contributed by atoms with Gasteiger partial charge in [-0.05, 0) is 11.4 Å². The van der Waals surface area contributed by atoms with Crippen molar-refractivity contribution in [1.29, 1.82) is 0 Å². The summed E-state index contributed by atoms with van der Waals surface area (Å²) in [6.07, 6.45) is 5.43. The van der Waals surface area contributed by atoms with Gasteiger partial charge < -0.3 is 5.73 Å². The maximum absolute atomic E-state index is 5.80. The van der Waals surface area contributed by atoms with Gasteiger partial charge in [0.1, 0.15) is 5.82 Å². The number of nitrogens with zero attached hydrogens (tertiary/aromatic N) is 2. The summed E-state index contributed by atoms with van der Waals surface area (Å²) in [5, 5.41) is 9.76. The number of fused-ring (bicyclic) bond motifs is 1. The molecule has 0 radical (unpaired) electrons. The first-order valence-electron chi connectivity index (χ1n) is 4.47. The van der Waals surface area contributed by atoms with Crippen LogP contribution in [0.15, 0.2) is 30.0 Å². The molecule has 0 fully saturated rings. The number of nitrogens with one attached hydrogen (secondary N) is 1. The zero-order valence-electron chi connectivity index (χ0n) is 7.77. The van der Waals surface area contributed by atoms with Gasteiger partial charge >= 0.3 is 0 Å². The molecular formula is C10H8N4S. The van der Waals surface area contributed by atoms with E-state index in [0.717, 1.165) is 21.2 Å². The number of pyridine rings is 1. The van der Waals surface area contributed by atoms with Crippen LogP contribution in [0.2, 0.25) is 0 Å². The third kappa shape index (κ3) is 1.20. The molecule has 0 atom stereocenters. The molecule has 15 heavy (non-hydrogen) atoms.